The molecule has 0 unspecified atom stereocenters. The Hall–Kier alpha value is -4.29. The van der Waals surface area contributed by atoms with Gasteiger partial charge in [0.2, 0.25) is 0 Å². The number of halogens is 1. The van der Waals surface area contributed by atoms with Crippen molar-refractivity contribution < 1.29 is 19.1 Å². The van der Waals surface area contributed by atoms with Crippen LogP contribution in [0, 0.1) is 17.1 Å². The monoisotopic (exact) mass is 447 g/mol. The number of amides is 1. The number of nitriles is 1. The maximum Gasteiger partial charge on any atom is 0.322 e. The molecule has 1 amide bonds. The van der Waals surface area contributed by atoms with Crippen molar-refractivity contribution >= 4 is 17.7 Å². The Kier molecular flexibility index (Phi) is 7.68. The first kappa shape index (κ1) is 23.4. The molecule has 0 spiro atoms. The number of anilines is 1. The number of benzene rings is 2. The van der Waals surface area contributed by atoms with Gasteiger partial charge < -0.3 is 21.5 Å². The average molecular weight is 447 g/mol. The summed E-state index contributed by atoms with van der Waals surface area (Å²) in [4.78, 5) is 28.2. The standard InChI is InChI=1S/C24H22FN5O3/c25-17-6-3-4-15(12-17)10-11-28-22-19(23(31)29-14-20(27)24(32)33)8-9-21(30-22)18-7-2-1-5-16(18)13-26/h1-9,12,20H,10-11,14,27H2,(H,28,30)(H,29,31)(H,32,33)/t20-/m1/s1. The van der Waals surface area contributed by atoms with Crippen molar-refractivity contribution in [1.82, 2.24) is 10.3 Å². The normalized spacial score (nSPS) is 11.3. The number of nitrogens with one attached hydrogen (secondary N) is 2. The fraction of sp³-hybridized carbons (Fsp3) is 0.167. The highest BCUT2D eigenvalue weighted by atomic mass is 19.1. The van der Waals surface area contributed by atoms with Crippen molar-refractivity contribution in [3.8, 4) is 17.3 Å². The number of pyridine rings is 1. The lowest BCUT2D eigenvalue weighted by Crippen LogP contribution is -2.42. The van der Waals surface area contributed by atoms with Crippen LogP contribution in [0.15, 0.2) is 60.7 Å². The minimum Gasteiger partial charge on any atom is -0.480 e. The second kappa shape index (κ2) is 10.8. The fourth-order valence-electron chi connectivity index (χ4n) is 3.13. The summed E-state index contributed by atoms with van der Waals surface area (Å²) in [7, 11) is 0. The number of carboxylic acid groups (broad SMARTS) is 1. The number of carboxylic acids is 1. The molecule has 3 aromatic rings. The first-order valence-corrected chi connectivity index (χ1v) is 10.1. The van der Waals surface area contributed by atoms with E-state index in [9.17, 15) is 19.2 Å². The summed E-state index contributed by atoms with van der Waals surface area (Å²) < 4.78 is 13.4. The van der Waals surface area contributed by atoms with Crippen LogP contribution in [0.2, 0.25) is 0 Å². The first-order chi connectivity index (χ1) is 15.9. The molecule has 168 valence electrons. The lowest BCUT2D eigenvalue weighted by atomic mass is 10.0. The van der Waals surface area contributed by atoms with Crippen LogP contribution in [0.1, 0.15) is 21.5 Å². The van der Waals surface area contributed by atoms with Crippen LogP contribution in [-0.4, -0.2) is 41.1 Å². The molecule has 1 atom stereocenters. The summed E-state index contributed by atoms with van der Waals surface area (Å²) >= 11 is 0. The third-order valence-corrected chi connectivity index (χ3v) is 4.86. The maximum absolute atomic E-state index is 13.4. The van der Waals surface area contributed by atoms with Crippen LogP contribution < -0.4 is 16.4 Å². The van der Waals surface area contributed by atoms with Gasteiger partial charge in [0.25, 0.3) is 5.91 Å². The van der Waals surface area contributed by atoms with E-state index >= 15 is 0 Å². The van der Waals surface area contributed by atoms with Gasteiger partial charge in [-0.25, -0.2) is 9.37 Å². The summed E-state index contributed by atoms with van der Waals surface area (Å²) in [6.07, 6.45) is 0.476. The van der Waals surface area contributed by atoms with Gasteiger partial charge in [-0.1, -0.05) is 30.3 Å². The fourth-order valence-corrected chi connectivity index (χ4v) is 3.13. The molecule has 2 aromatic carbocycles. The molecule has 0 aliphatic carbocycles. The number of aromatic nitrogens is 1. The lowest BCUT2D eigenvalue weighted by molar-refractivity contribution is -0.138. The SMILES string of the molecule is N#Cc1ccccc1-c1ccc(C(=O)NC[C@@H](N)C(=O)O)c(NCCc2cccc(F)c2)n1. The van der Waals surface area contributed by atoms with Crippen molar-refractivity contribution in [2.75, 3.05) is 18.4 Å². The molecule has 0 fully saturated rings. The number of hydrogen-bond acceptors (Lipinski definition) is 6. The summed E-state index contributed by atoms with van der Waals surface area (Å²) in [5, 5.41) is 23.9. The van der Waals surface area contributed by atoms with E-state index in [2.05, 4.69) is 21.7 Å². The third kappa shape index (κ3) is 6.12. The van der Waals surface area contributed by atoms with Crippen LogP contribution in [0.4, 0.5) is 10.2 Å². The topological polar surface area (TPSA) is 141 Å². The lowest BCUT2D eigenvalue weighted by Gasteiger charge is -2.14. The van der Waals surface area contributed by atoms with Crippen molar-refractivity contribution in [3.63, 3.8) is 0 Å². The molecule has 0 aliphatic rings. The van der Waals surface area contributed by atoms with Gasteiger partial charge in [-0.2, -0.15) is 5.26 Å². The van der Waals surface area contributed by atoms with Gasteiger partial charge in [0, 0.05) is 18.7 Å². The Balaban J connectivity index is 1.86. The predicted molar refractivity (Wildman–Crippen MR) is 121 cm³/mol. The Bertz CT molecular complexity index is 1210. The highest BCUT2D eigenvalue weighted by molar-refractivity contribution is 5.99. The largest absolute Gasteiger partial charge is 0.480 e. The van der Waals surface area contributed by atoms with Crippen LogP contribution in [0.25, 0.3) is 11.3 Å². The zero-order chi connectivity index (χ0) is 23.8. The van der Waals surface area contributed by atoms with Crippen LogP contribution in [-0.2, 0) is 11.2 Å². The van der Waals surface area contributed by atoms with Gasteiger partial charge in [0.15, 0.2) is 0 Å². The molecular weight excluding hydrogens is 425 g/mol. The maximum atomic E-state index is 13.4. The molecule has 33 heavy (non-hydrogen) atoms. The molecule has 3 rings (SSSR count). The van der Waals surface area contributed by atoms with Gasteiger partial charge in [0.1, 0.15) is 17.7 Å². The van der Waals surface area contributed by atoms with Crippen LogP contribution in [0.5, 0.6) is 0 Å². The van der Waals surface area contributed by atoms with E-state index in [-0.39, 0.29) is 23.7 Å². The van der Waals surface area contributed by atoms with E-state index < -0.39 is 17.9 Å². The number of nitrogens with two attached hydrogens (primary N) is 1. The molecule has 0 saturated carbocycles. The van der Waals surface area contributed by atoms with Gasteiger partial charge >= 0.3 is 5.97 Å². The molecular formula is C24H22FN5O3. The van der Waals surface area contributed by atoms with Crippen LogP contribution in [0.3, 0.4) is 0 Å². The molecule has 0 aliphatic heterocycles. The van der Waals surface area contributed by atoms with Crippen molar-refractivity contribution in [3.05, 3.63) is 83.2 Å². The minimum atomic E-state index is -1.24. The second-order valence-electron chi connectivity index (χ2n) is 7.21. The molecule has 1 aromatic heterocycles. The minimum absolute atomic E-state index is 0.185. The number of carbonyl (C=O) groups is 2. The number of hydrogen-bond donors (Lipinski definition) is 4. The van der Waals surface area contributed by atoms with Crippen molar-refractivity contribution in [1.29, 1.82) is 5.26 Å². The Morgan fingerprint density at radius 1 is 1.15 bits per heavy atom. The summed E-state index contributed by atoms with van der Waals surface area (Å²) in [5.41, 5.74) is 7.94. The van der Waals surface area contributed by atoms with E-state index in [4.69, 9.17) is 10.8 Å². The Labute approximate surface area is 189 Å². The van der Waals surface area contributed by atoms with E-state index in [1.807, 2.05) is 0 Å². The highest BCUT2D eigenvalue weighted by Gasteiger charge is 2.18. The molecule has 0 saturated heterocycles. The molecule has 5 N–H and O–H groups in total. The Morgan fingerprint density at radius 2 is 1.94 bits per heavy atom. The van der Waals surface area contributed by atoms with E-state index in [0.29, 0.717) is 29.8 Å². The number of carbonyl (C=O) groups excluding carboxylic acids is 1. The van der Waals surface area contributed by atoms with Gasteiger partial charge in [-0.15, -0.1) is 0 Å². The second-order valence-corrected chi connectivity index (χ2v) is 7.21. The molecule has 1 heterocycles. The van der Waals surface area contributed by atoms with Gasteiger partial charge in [0.05, 0.1) is 22.9 Å². The number of nitrogens with zero attached hydrogens (tertiary/aromatic N) is 2. The highest BCUT2D eigenvalue weighted by Crippen LogP contribution is 2.25. The van der Waals surface area contributed by atoms with Crippen molar-refractivity contribution in [2.45, 2.75) is 12.5 Å². The number of rotatable bonds is 9. The van der Waals surface area contributed by atoms with Crippen LogP contribution >= 0.6 is 0 Å². The summed E-state index contributed by atoms with van der Waals surface area (Å²) in [6, 6.07) is 17.2. The molecule has 0 radical (unpaired) electrons. The zero-order valence-electron chi connectivity index (χ0n) is 17.6. The number of aliphatic carboxylic acids is 1. The average Bonchev–Trinajstić information content (AvgIpc) is 2.82. The molecule has 8 nitrogen and oxygen atoms in total. The van der Waals surface area contributed by atoms with E-state index in [1.165, 1.54) is 12.1 Å². The predicted octanol–water partition coefficient (Wildman–Crippen LogP) is 2.56. The van der Waals surface area contributed by atoms with Gasteiger partial charge in [-0.3, -0.25) is 9.59 Å². The molecule has 9 heteroatoms. The first-order valence-electron chi connectivity index (χ1n) is 10.1. The quantitative estimate of drug-likeness (QED) is 0.395. The van der Waals surface area contributed by atoms with E-state index in [1.54, 1.807) is 48.5 Å². The van der Waals surface area contributed by atoms with E-state index in [0.717, 1.165) is 5.56 Å². The smallest absolute Gasteiger partial charge is 0.322 e. The summed E-state index contributed by atoms with van der Waals surface area (Å²) in [6.45, 7) is 0.102. The van der Waals surface area contributed by atoms with Gasteiger partial charge in [-0.05, 0) is 42.3 Å². The third-order valence-electron chi connectivity index (χ3n) is 4.86. The summed E-state index contributed by atoms with van der Waals surface area (Å²) in [5.74, 6) is -1.87. The zero-order valence-corrected chi connectivity index (χ0v) is 17.6. The Morgan fingerprint density at radius 3 is 2.67 bits per heavy atom. The van der Waals surface area contributed by atoms with Crippen molar-refractivity contribution in [2.24, 2.45) is 5.73 Å². The molecule has 0 bridgehead atoms.